The Bertz CT molecular complexity index is 864. The molecule has 1 amide bonds. The van der Waals surface area contributed by atoms with E-state index in [-0.39, 0.29) is 18.3 Å². The van der Waals surface area contributed by atoms with E-state index in [9.17, 15) is 9.59 Å². The van der Waals surface area contributed by atoms with Crippen molar-refractivity contribution in [1.29, 1.82) is 0 Å². The molecule has 1 aliphatic rings. The lowest BCUT2D eigenvalue weighted by atomic mass is 10.1. The van der Waals surface area contributed by atoms with E-state index in [0.29, 0.717) is 40.9 Å². The number of ketones is 1. The van der Waals surface area contributed by atoms with Crippen LogP contribution in [0.15, 0.2) is 42.5 Å². The quantitative estimate of drug-likeness (QED) is 0.653. The lowest BCUT2D eigenvalue weighted by Crippen LogP contribution is -2.50. The molecule has 148 valence electrons. The van der Waals surface area contributed by atoms with Crippen LogP contribution in [0, 0.1) is 0 Å². The number of hydrogen-bond donors (Lipinski definition) is 0. The molecule has 5 nitrogen and oxygen atoms in total. The molecule has 0 radical (unpaired) electrons. The summed E-state index contributed by atoms with van der Waals surface area (Å²) in [5.41, 5.74) is 1.47. The summed E-state index contributed by atoms with van der Waals surface area (Å²) in [7, 11) is 0. The molecule has 0 atom stereocenters. The van der Waals surface area contributed by atoms with E-state index >= 15 is 0 Å². The normalized spacial score (nSPS) is 14.1. The highest BCUT2D eigenvalue weighted by Gasteiger charge is 2.22. The van der Waals surface area contributed by atoms with Crippen LogP contribution in [0.5, 0.6) is 5.75 Å². The number of carbonyl (C=O) groups excluding carboxylic acids is 2. The molecule has 28 heavy (non-hydrogen) atoms. The van der Waals surface area contributed by atoms with E-state index < -0.39 is 0 Å². The van der Waals surface area contributed by atoms with Gasteiger partial charge in [-0.3, -0.25) is 9.59 Å². The predicted molar refractivity (Wildman–Crippen MR) is 112 cm³/mol. The lowest BCUT2D eigenvalue weighted by Gasteiger charge is -2.36. The molecular formula is C21H22Cl2N2O3. The average Bonchev–Trinajstić information content (AvgIpc) is 2.72. The molecule has 1 fully saturated rings. The van der Waals surface area contributed by atoms with Crippen molar-refractivity contribution in [1.82, 2.24) is 4.90 Å². The van der Waals surface area contributed by atoms with Crippen molar-refractivity contribution >= 4 is 40.6 Å². The van der Waals surface area contributed by atoms with Gasteiger partial charge in [0, 0.05) is 48.3 Å². The van der Waals surface area contributed by atoms with Gasteiger partial charge in [-0.15, -0.1) is 0 Å². The van der Waals surface area contributed by atoms with Gasteiger partial charge in [-0.25, -0.2) is 0 Å². The van der Waals surface area contributed by atoms with Crippen molar-refractivity contribution in [2.45, 2.75) is 13.3 Å². The van der Waals surface area contributed by atoms with Gasteiger partial charge in [-0.1, -0.05) is 36.2 Å². The molecule has 0 aromatic heterocycles. The Hall–Kier alpha value is -2.24. The zero-order valence-electron chi connectivity index (χ0n) is 15.7. The standard InChI is InChI=1S/C21H22Cl2N2O3/c1-2-19(26)18-13-16(23)6-7-20(18)28-14-21(27)25-10-8-24(9-11-25)17-5-3-4-15(22)12-17/h3-7,12-13H,2,8-11,14H2,1H3. The number of amides is 1. The number of nitrogens with zero attached hydrogens (tertiary/aromatic N) is 2. The second-order valence-electron chi connectivity index (χ2n) is 6.55. The Kier molecular flexibility index (Phi) is 6.81. The van der Waals surface area contributed by atoms with Gasteiger partial charge in [0.25, 0.3) is 5.91 Å². The molecular weight excluding hydrogens is 399 g/mol. The van der Waals surface area contributed by atoms with Gasteiger partial charge in [-0.2, -0.15) is 0 Å². The maximum Gasteiger partial charge on any atom is 0.260 e. The zero-order chi connectivity index (χ0) is 20.1. The summed E-state index contributed by atoms with van der Waals surface area (Å²) in [6.07, 6.45) is 0.343. The van der Waals surface area contributed by atoms with Crippen molar-refractivity contribution in [3.05, 3.63) is 58.1 Å². The zero-order valence-corrected chi connectivity index (χ0v) is 17.2. The lowest BCUT2D eigenvalue weighted by molar-refractivity contribution is -0.133. The number of Topliss-reactive ketones (excluding diaryl/α,β-unsaturated/α-hetero) is 1. The van der Waals surface area contributed by atoms with Gasteiger partial charge in [0.1, 0.15) is 5.75 Å². The largest absolute Gasteiger partial charge is 0.483 e. The molecule has 1 saturated heterocycles. The van der Waals surface area contributed by atoms with E-state index in [1.54, 1.807) is 30.0 Å². The molecule has 2 aromatic carbocycles. The van der Waals surface area contributed by atoms with Gasteiger partial charge >= 0.3 is 0 Å². The molecule has 0 aliphatic carbocycles. The van der Waals surface area contributed by atoms with Crippen LogP contribution in [0.25, 0.3) is 0 Å². The topological polar surface area (TPSA) is 49.9 Å². The number of carbonyl (C=O) groups is 2. The number of anilines is 1. The van der Waals surface area contributed by atoms with Gasteiger partial charge in [0.2, 0.25) is 0 Å². The molecule has 1 aliphatic heterocycles. The van der Waals surface area contributed by atoms with E-state index in [0.717, 1.165) is 18.8 Å². The van der Waals surface area contributed by atoms with Crippen molar-refractivity contribution in [3.8, 4) is 5.75 Å². The number of benzene rings is 2. The summed E-state index contributed by atoms with van der Waals surface area (Å²) < 4.78 is 5.66. The first-order chi connectivity index (χ1) is 13.5. The number of hydrogen-bond acceptors (Lipinski definition) is 4. The summed E-state index contributed by atoms with van der Waals surface area (Å²) in [6.45, 7) is 4.34. The fraction of sp³-hybridized carbons (Fsp3) is 0.333. The minimum Gasteiger partial charge on any atom is -0.483 e. The van der Waals surface area contributed by atoms with Crippen LogP contribution in [0.3, 0.4) is 0 Å². The summed E-state index contributed by atoms with van der Waals surface area (Å²) in [4.78, 5) is 28.6. The van der Waals surface area contributed by atoms with Crippen LogP contribution in [0.1, 0.15) is 23.7 Å². The van der Waals surface area contributed by atoms with Crippen LogP contribution >= 0.6 is 23.2 Å². The highest BCUT2D eigenvalue weighted by atomic mass is 35.5. The first kappa shape index (κ1) is 20.5. The highest BCUT2D eigenvalue weighted by molar-refractivity contribution is 6.31. The Morgan fingerprint density at radius 2 is 1.71 bits per heavy atom. The van der Waals surface area contributed by atoms with Crippen LogP contribution in [0.4, 0.5) is 5.69 Å². The van der Waals surface area contributed by atoms with Crippen molar-refractivity contribution in [3.63, 3.8) is 0 Å². The fourth-order valence-corrected chi connectivity index (χ4v) is 3.51. The molecule has 3 rings (SSSR count). The van der Waals surface area contributed by atoms with E-state index in [2.05, 4.69) is 4.90 Å². The van der Waals surface area contributed by atoms with Gasteiger partial charge in [0.15, 0.2) is 12.4 Å². The predicted octanol–water partition coefficient (Wildman–Crippen LogP) is 4.31. The second-order valence-corrected chi connectivity index (χ2v) is 7.43. The molecule has 0 N–H and O–H groups in total. The van der Waals surface area contributed by atoms with Gasteiger partial charge in [0.05, 0.1) is 5.56 Å². The Morgan fingerprint density at radius 1 is 1.00 bits per heavy atom. The first-order valence-electron chi connectivity index (χ1n) is 9.21. The van der Waals surface area contributed by atoms with Gasteiger partial charge < -0.3 is 14.5 Å². The van der Waals surface area contributed by atoms with Crippen molar-refractivity contribution in [2.24, 2.45) is 0 Å². The number of ether oxygens (including phenoxy) is 1. The van der Waals surface area contributed by atoms with Crippen molar-refractivity contribution < 1.29 is 14.3 Å². The SMILES string of the molecule is CCC(=O)c1cc(Cl)ccc1OCC(=O)N1CCN(c2cccc(Cl)c2)CC1. The number of rotatable bonds is 6. The number of piperazine rings is 1. The third-order valence-electron chi connectivity index (χ3n) is 4.72. The minimum atomic E-state index is -0.108. The summed E-state index contributed by atoms with van der Waals surface area (Å²) in [5, 5.41) is 1.16. The summed E-state index contributed by atoms with van der Waals surface area (Å²) in [5.74, 6) is 0.220. The van der Waals surface area contributed by atoms with Crippen molar-refractivity contribution in [2.75, 3.05) is 37.7 Å². The van der Waals surface area contributed by atoms with E-state index in [4.69, 9.17) is 27.9 Å². The highest BCUT2D eigenvalue weighted by Crippen LogP contribution is 2.25. The fourth-order valence-electron chi connectivity index (χ4n) is 3.15. The van der Waals surface area contributed by atoms with Crippen LogP contribution in [-0.4, -0.2) is 49.4 Å². The second kappa shape index (κ2) is 9.30. The van der Waals surface area contributed by atoms with Gasteiger partial charge in [-0.05, 0) is 36.4 Å². The monoisotopic (exact) mass is 420 g/mol. The molecule has 0 bridgehead atoms. The average molecular weight is 421 g/mol. The summed E-state index contributed by atoms with van der Waals surface area (Å²) in [6, 6.07) is 12.6. The molecule has 0 unspecified atom stereocenters. The Balaban J connectivity index is 1.56. The Morgan fingerprint density at radius 3 is 2.39 bits per heavy atom. The van der Waals surface area contributed by atoms with Crippen LogP contribution < -0.4 is 9.64 Å². The molecule has 0 spiro atoms. The minimum absolute atomic E-state index is 0.0694. The smallest absolute Gasteiger partial charge is 0.260 e. The maximum absolute atomic E-state index is 12.5. The first-order valence-corrected chi connectivity index (χ1v) is 9.97. The third kappa shape index (κ3) is 4.97. The van der Waals surface area contributed by atoms with Crippen LogP contribution in [-0.2, 0) is 4.79 Å². The number of halogens is 2. The van der Waals surface area contributed by atoms with Crippen LogP contribution in [0.2, 0.25) is 10.0 Å². The maximum atomic E-state index is 12.5. The molecule has 0 saturated carbocycles. The van der Waals surface area contributed by atoms with E-state index in [1.165, 1.54) is 0 Å². The third-order valence-corrected chi connectivity index (χ3v) is 5.19. The molecule has 1 heterocycles. The molecule has 2 aromatic rings. The Labute approximate surface area is 174 Å². The molecule has 7 heteroatoms. The van der Waals surface area contributed by atoms with E-state index in [1.807, 2.05) is 24.3 Å². The summed E-state index contributed by atoms with van der Waals surface area (Å²) >= 11 is 12.0.